The van der Waals surface area contributed by atoms with E-state index in [4.69, 9.17) is 0 Å². The smallest absolute Gasteiger partial charge is 0.243 e. The van der Waals surface area contributed by atoms with Crippen molar-refractivity contribution in [2.24, 2.45) is 0 Å². The van der Waals surface area contributed by atoms with Crippen molar-refractivity contribution in [3.63, 3.8) is 0 Å². The van der Waals surface area contributed by atoms with Crippen LogP contribution in [0.1, 0.15) is 39.0 Å². The van der Waals surface area contributed by atoms with Gasteiger partial charge in [-0.15, -0.1) is 0 Å². The zero-order valence-electron chi connectivity index (χ0n) is 11.3. The van der Waals surface area contributed by atoms with Gasteiger partial charge in [0, 0.05) is 19.3 Å². The van der Waals surface area contributed by atoms with Crippen molar-refractivity contribution < 1.29 is 8.42 Å². The van der Waals surface area contributed by atoms with E-state index in [2.05, 4.69) is 15.9 Å². The molecule has 106 valence electrons. The van der Waals surface area contributed by atoms with Crippen LogP contribution in [-0.2, 0) is 16.6 Å². The minimum atomic E-state index is -3.41. The highest BCUT2D eigenvalue weighted by molar-refractivity contribution is 7.89. The number of sulfonamides is 1. The predicted octanol–water partition coefficient (Wildman–Crippen LogP) is 2.07. The van der Waals surface area contributed by atoms with E-state index in [9.17, 15) is 8.42 Å². The molecule has 0 saturated heterocycles. The third kappa shape index (κ3) is 3.91. The van der Waals surface area contributed by atoms with Gasteiger partial charge in [-0.2, -0.15) is 5.10 Å². The monoisotopic (exact) mass is 283 g/mol. The second kappa shape index (κ2) is 6.34. The van der Waals surface area contributed by atoms with Gasteiger partial charge in [0.25, 0.3) is 0 Å². The van der Waals surface area contributed by atoms with Gasteiger partial charge in [-0.3, -0.25) is 4.68 Å². The maximum absolute atomic E-state index is 12.0. The van der Waals surface area contributed by atoms with Crippen molar-refractivity contribution in [1.29, 1.82) is 0 Å². The largest absolute Gasteiger partial charge is 0.272 e. The summed E-state index contributed by atoms with van der Waals surface area (Å²) in [6.45, 7) is 3.06. The Labute approximate surface area is 114 Å². The first kappa shape index (κ1) is 14.3. The van der Waals surface area contributed by atoms with Crippen molar-refractivity contribution in [2.45, 2.75) is 50.5 Å². The lowest BCUT2D eigenvalue weighted by molar-refractivity contribution is 0.579. The van der Waals surface area contributed by atoms with Crippen LogP contribution in [-0.4, -0.2) is 24.7 Å². The Bertz CT molecular complexity index is 546. The molecule has 6 heteroatoms. The maximum atomic E-state index is 12.0. The molecular formula is C13H21N3O2S. The predicted molar refractivity (Wildman–Crippen MR) is 74.3 cm³/mol. The molecule has 1 aromatic rings. The van der Waals surface area contributed by atoms with Crippen molar-refractivity contribution in [1.82, 2.24) is 14.5 Å². The average Bonchev–Trinajstić information content (AvgIpc) is 2.89. The third-order valence-electron chi connectivity index (χ3n) is 3.37. The highest BCUT2D eigenvalue weighted by Crippen LogP contribution is 2.19. The number of nitrogens with one attached hydrogen (secondary N) is 1. The molecule has 0 fully saturated rings. The molecule has 2 rings (SSSR count). The zero-order valence-corrected chi connectivity index (χ0v) is 12.1. The average molecular weight is 283 g/mol. The molecule has 1 aliphatic rings. The lowest BCUT2D eigenvalue weighted by Crippen LogP contribution is -2.25. The van der Waals surface area contributed by atoms with Crippen molar-refractivity contribution >= 4 is 10.0 Å². The molecule has 1 heterocycles. The van der Waals surface area contributed by atoms with E-state index in [1.807, 2.05) is 6.92 Å². The minimum absolute atomic E-state index is 0.243. The molecule has 0 spiro atoms. The number of aromatic nitrogens is 2. The molecule has 0 bridgehead atoms. The number of rotatable bonds is 6. The highest BCUT2D eigenvalue weighted by atomic mass is 32.2. The van der Waals surface area contributed by atoms with E-state index in [-0.39, 0.29) is 4.90 Å². The normalized spacial score (nSPS) is 16.4. The van der Waals surface area contributed by atoms with Crippen LogP contribution < -0.4 is 4.72 Å². The summed E-state index contributed by atoms with van der Waals surface area (Å²) in [6.07, 6.45) is 10.7. The number of allylic oxidation sites excluding steroid dienone is 1. The van der Waals surface area contributed by atoms with E-state index < -0.39 is 10.0 Å². The summed E-state index contributed by atoms with van der Waals surface area (Å²) in [5.41, 5.74) is 1.37. The second-order valence-electron chi connectivity index (χ2n) is 4.79. The molecule has 19 heavy (non-hydrogen) atoms. The molecule has 1 N–H and O–H groups in total. The van der Waals surface area contributed by atoms with E-state index in [0.29, 0.717) is 13.1 Å². The first-order valence-corrected chi connectivity index (χ1v) is 8.30. The van der Waals surface area contributed by atoms with Crippen LogP contribution in [0.3, 0.4) is 0 Å². The molecule has 1 aromatic heterocycles. The van der Waals surface area contributed by atoms with E-state index >= 15 is 0 Å². The Morgan fingerprint density at radius 1 is 1.42 bits per heavy atom. The molecule has 0 radical (unpaired) electrons. The molecule has 1 aliphatic carbocycles. The quantitative estimate of drug-likeness (QED) is 0.813. The van der Waals surface area contributed by atoms with E-state index in [1.54, 1.807) is 10.9 Å². The Morgan fingerprint density at radius 3 is 2.89 bits per heavy atom. The second-order valence-corrected chi connectivity index (χ2v) is 6.55. The van der Waals surface area contributed by atoms with Crippen molar-refractivity contribution in [3.05, 3.63) is 24.0 Å². The SMILES string of the molecule is CCn1cc(S(=O)(=O)NCCC2=CCCCC2)cn1. The van der Waals surface area contributed by atoms with Gasteiger partial charge >= 0.3 is 0 Å². The van der Waals surface area contributed by atoms with Crippen LogP contribution in [0.5, 0.6) is 0 Å². The highest BCUT2D eigenvalue weighted by Gasteiger charge is 2.16. The molecule has 5 nitrogen and oxygen atoms in total. The summed E-state index contributed by atoms with van der Waals surface area (Å²) < 4.78 is 28.3. The van der Waals surface area contributed by atoms with Crippen LogP contribution in [0, 0.1) is 0 Å². The van der Waals surface area contributed by atoms with Gasteiger partial charge in [-0.1, -0.05) is 11.6 Å². The topological polar surface area (TPSA) is 64.0 Å². The molecule has 0 aliphatic heterocycles. The number of hydrogen-bond acceptors (Lipinski definition) is 3. The van der Waals surface area contributed by atoms with Gasteiger partial charge in [0.1, 0.15) is 4.90 Å². The maximum Gasteiger partial charge on any atom is 0.243 e. The first-order valence-electron chi connectivity index (χ1n) is 6.82. The van der Waals surface area contributed by atoms with Crippen LogP contribution in [0.15, 0.2) is 28.9 Å². The van der Waals surface area contributed by atoms with Crippen LogP contribution in [0.25, 0.3) is 0 Å². The standard InChI is InChI=1S/C13H21N3O2S/c1-2-16-11-13(10-14-16)19(17,18)15-9-8-12-6-4-3-5-7-12/h6,10-11,15H,2-5,7-9H2,1H3. The Hall–Kier alpha value is -1.14. The van der Waals surface area contributed by atoms with Gasteiger partial charge in [0.2, 0.25) is 10.0 Å². The third-order valence-corrected chi connectivity index (χ3v) is 4.78. The molecule has 0 atom stereocenters. The van der Waals surface area contributed by atoms with Gasteiger partial charge in [0.15, 0.2) is 0 Å². The van der Waals surface area contributed by atoms with E-state index in [0.717, 1.165) is 19.3 Å². The van der Waals surface area contributed by atoms with Gasteiger partial charge < -0.3 is 0 Å². The van der Waals surface area contributed by atoms with Crippen LogP contribution in [0.2, 0.25) is 0 Å². The molecule has 0 unspecified atom stereocenters. The molecule has 0 aromatic carbocycles. The van der Waals surface area contributed by atoms with Gasteiger partial charge in [0.05, 0.1) is 6.20 Å². The summed E-state index contributed by atoms with van der Waals surface area (Å²) in [5, 5.41) is 3.99. The van der Waals surface area contributed by atoms with Gasteiger partial charge in [-0.05, 0) is 39.0 Å². The van der Waals surface area contributed by atoms with Gasteiger partial charge in [-0.25, -0.2) is 13.1 Å². The molecular weight excluding hydrogens is 262 g/mol. The summed E-state index contributed by atoms with van der Waals surface area (Å²) in [4.78, 5) is 0.243. The molecule has 0 amide bonds. The minimum Gasteiger partial charge on any atom is -0.272 e. The molecule has 0 saturated carbocycles. The summed E-state index contributed by atoms with van der Waals surface area (Å²) in [5.74, 6) is 0. The van der Waals surface area contributed by atoms with E-state index in [1.165, 1.54) is 24.6 Å². The first-order chi connectivity index (χ1) is 9.12. The number of nitrogens with zero attached hydrogens (tertiary/aromatic N) is 2. The van der Waals surface area contributed by atoms with Crippen LogP contribution >= 0.6 is 0 Å². The Morgan fingerprint density at radius 2 is 2.26 bits per heavy atom. The fraction of sp³-hybridized carbons (Fsp3) is 0.615. The van der Waals surface area contributed by atoms with Crippen LogP contribution in [0.4, 0.5) is 0 Å². The lowest BCUT2D eigenvalue weighted by Gasteiger charge is -2.12. The van der Waals surface area contributed by atoms with Crippen molar-refractivity contribution in [3.8, 4) is 0 Å². The number of hydrogen-bond donors (Lipinski definition) is 1. The number of aryl methyl sites for hydroxylation is 1. The zero-order chi connectivity index (χ0) is 13.7. The summed E-state index contributed by atoms with van der Waals surface area (Å²) in [6, 6.07) is 0. The fourth-order valence-corrected chi connectivity index (χ4v) is 3.20. The Kier molecular flexibility index (Phi) is 4.76. The fourth-order valence-electron chi connectivity index (χ4n) is 2.22. The van der Waals surface area contributed by atoms with Crippen molar-refractivity contribution in [2.75, 3.05) is 6.54 Å². The lowest BCUT2D eigenvalue weighted by atomic mass is 9.97. The summed E-state index contributed by atoms with van der Waals surface area (Å²) in [7, 11) is -3.41. The summed E-state index contributed by atoms with van der Waals surface area (Å²) >= 11 is 0. The Balaban J connectivity index is 1.88.